The van der Waals surface area contributed by atoms with E-state index in [2.05, 4.69) is 10.1 Å². The van der Waals surface area contributed by atoms with Gasteiger partial charge in [-0.25, -0.2) is 13.4 Å². The van der Waals surface area contributed by atoms with Crippen LogP contribution in [0.1, 0.15) is 28.6 Å². The van der Waals surface area contributed by atoms with Crippen molar-refractivity contribution in [2.24, 2.45) is 0 Å². The molecular formula is C16H22N4O4S2. The smallest absolute Gasteiger partial charge is 0.248 e. The van der Waals surface area contributed by atoms with E-state index in [1.807, 2.05) is 12.3 Å². The van der Waals surface area contributed by atoms with Crippen LogP contribution in [0.15, 0.2) is 14.8 Å². The molecule has 2 aromatic rings. The predicted molar refractivity (Wildman–Crippen MR) is 96.5 cm³/mol. The highest BCUT2D eigenvalue weighted by molar-refractivity contribution is 7.89. The number of sulfonamides is 1. The zero-order valence-electron chi connectivity index (χ0n) is 15.1. The number of thiazole rings is 1. The molecule has 0 saturated carbocycles. The van der Waals surface area contributed by atoms with Gasteiger partial charge in [-0.2, -0.15) is 4.31 Å². The Labute approximate surface area is 156 Å². The molecule has 1 amide bonds. The van der Waals surface area contributed by atoms with Gasteiger partial charge in [0.05, 0.1) is 17.1 Å². The fourth-order valence-electron chi connectivity index (χ4n) is 3.11. The molecule has 2 aromatic heterocycles. The molecule has 0 radical (unpaired) electrons. The lowest BCUT2D eigenvalue weighted by Crippen LogP contribution is -2.38. The highest BCUT2D eigenvalue weighted by atomic mass is 32.2. The normalized spacial score (nSPS) is 16.7. The first-order valence-corrected chi connectivity index (χ1v) is 10.7. The molecule has 142 valence electrons. The highest BCUT2D eigenvalue weighted by Crippen LogP contribution is 2.24. The van der Waals surface area contributed by atoms with Gasteiger partial charge in [-0.05, 0) is 27.2 Å². The van der Waals surface area contributed by atoms with Crippen molar-refractivity contribution in [3.8, 4) is 0 Å². The van der Waals surface area contributed by atoms with Crippen molar-refractivity contribution in [1.29, 1.82) is 0 Å². The minimum absolute atomic E-state index is 0.0214. The zero-order chi connectivity index (χ0) is 18.9. The summed E-state index contributed by atoms with van der Waals surface area (Å²) in [5.74, 6) is 0.269. The van der Waals surface area contributed by atoms with Gasteiger partial charge >= 0.3 is 0 Å². The minimum atomic E-state index is -3.68. The van der Waals surface area contributed by atoms with Crippen LogP contribution in [-0.4, -0.2) is 59.8 Å². The molecule has 1 saturated heterocycles. The standard InChI is InChI=1S/C16H22N4O4S2/c1-11-16(12(2)24-18-11)26(22,23)20-6-4-5-19(7-8-20)15(21)9-14-10-25-13(3)17-14/h10H,4-9H2,1-3H3. The van der Waals surface area contributed by atoms with Crippen LogP contribution in [-0.2, 0) is 21.2 Å². The molecule has 3 rings (SSSR count). The molecule has 10 heteroatoms. The molecule has 3 heterocycles. The van der Waals surface area contributed by atoms with Crippen LogP contribution in [0.25, 0.3) is 0 Å². The zero-order valence-corrected chi connectivity index (χ0v) is 16.7. The van der Waals surface area contributed by atoms with Gasteiger partial charge in [-0.1, -0.05) is 5.16 Å². The summed E-state index contributed by atoms with van der Waals surface area (Å²) in [6.45, 7) is 6.64. The van der Waals surface area contributed by atoms with E-state index in [1.54, 1.807) is 18.7 Å². The van der Waals surface area contributed by atoms with Gasteiger partial charge < -0.3 is 9.42 Å². The van der Waals surface area contributed by atoms with Gasteiger partial charge in [0, 0.05) is 31.6 Å². The quantitative estimate of drug-likeness (QED) is 0.775. The number of aryl methyl sites for hydroxylation is 3. The molecule has 0 bridgehead atoms. The number of aromatic nitrogens is 2. The van der Waals surface area contributed by atoms with Crippen LogP contribution in [0.2, 0.25) is 0 Å². The molecule has 0 N–H and O–H groups in total. The maximum absolute atomic E-state index is 12.9. The van der Waals surface area contributed by atoms with E-state index < -0.39 is 10.0 Å². The first-order chi connectivity index (χ1) is 12.3. The van der Waals surface area contributed by atoms with Crippen molar-refractivity contribution >= 4 is 27.3 Å². The summed E-state index contributed by atoms with van der Waals surface area (Å²) in [6, 6.07) is 0. The molecule has 1 fully saturated rings. The third-order valence-corrected chi connectivity index (χ3v) is 7.34. The maximum atomic E-state index is 12.9. The van der Waals surface area contributed by atoms with E-state index in [-0.39, 0.29) is 23.8 Å². The van der Waals surface area contributed by atoms with Gasteiger partial charge in [-0.15, -0.1) is 11.3 Å². The lowest BCUT2D eigenvalue weighted by atomic mass is 10.3. The Morgan fingerprint density at radius 3 is 2.62 bits per heavy atom. The van der Waals surface area contributed by atoms with Gasteiger partial charge in [-0.3, -0.25) is 4.79 Å². The Balaban J connectivity index is 1.69. The summed E-state index contributed by atoms with van der Waals surface area (Å²) in [7, 11) is -3.68. The molecular weight excluding hydrogens is 376 g/mol. The van der Waals surface area contributed by atoms with E-state index in [9.17, 15) is 13.2 Å². The summed E-state index contributed by atoms with van der Waals surface area (Å²) in [6.07, 6.45) is 0.839. The minimum Gasteiger partial charge on any atom is -0.360 e. The van der Waals surface area contributed by atoms with Gasteiger partial charge in [0.1, 0.15) is 10.6 Å². The third kappa shape index (κ3) is 3.81. The molecule has 0 atom stereocenters. The van der Waals surface area contributed by atoms with Crippen LogP contribution in [0, 0.1) is 20.8 Å². The summed E-state index contributed by atoms with van der Waals surface area (Å²) in [5, 5.41) is 6.56. The lowest BCUT2D eigenvalue weighted by molar-refractivity contribution is -0.130. The summed E-state index contributed by atoms with van der Waals surface area (Å²) >= 11 is 1.52. The second kappa shape index (κ2) is 7.45. The van der Waals surface area contributed by atoms with Crippen molar-refractivity contribution in [3.05, 3.63) is 27.5 Å². The molecule has 8 nitrogen and oxygen atoms in total. The lowest BCUT2D eigenvalue weighted by Gasteiger charge is -2.21. The number of carbonyl (C=O) groups excluding carboxylic acids is 1. The third-order valence-electron chi connectivity index (χ3n) is 4.37. The number of nitrogens with zero attached hydrogens (tertiary/aromatic N) is 4. The predicted octanol–water partition coefficient (Wildman–Crippen LogP) is 1.52. The van der Waals surface area contributed by atoms with Crippen molar-refractivity contribution in [3.63, 3.8) is 0 Å². The second-order valence-corrected chi connectivity index (χ2v) is 9.26. The van der Waals surface area contributed by atoms with E-state index in [0.29, 0.717) is 37.5 Å². The first kappa shape index (κ1) is 19.0. The fraction of sp³-hybridized carbons (Fsp3) is 0.562. The first-order valence-electron chi connectivity index (χ1n) is 8.41. The van der Waals surface area contributed by atoms with Crippen molar-refractivity contribution in [1.82, 2.24) is 19.3 Å². The number of amides is 1. The Bertz CT molecular complexity index is 884. The summed E-state index contributed by atoms with van der Waals surface area (Å²) in [5.41, 5.74) is 1.13. The van der Waals surface area contributed by atoms with Gasteiger partial charge in [0.25, 0.3) is 0 Å². The Hall–Kier alpha value is -1.78. The molecule has 0 aromatic carbocycles. The van der Waals surface area contributed by atoms with Crippen LogP contribution in [0.4, 0.5) is 0 Å². The Morgan fingerprint density at radius 2 is 2.00 bits per heavy atom. The topological polar surface area (TPSA) is 96.6 Å². The number of hydrogen-bond donors (Lipinski definition) is 0. The van der Waals surface area contributed by atoms with Crippen LogP contribution >= 0.6 is 11.3 Å². The molecule has 0 unspecified atom stereocenters. The Morgan fingerprint density at radius 1 is 1.23 bits per heavy atom. The average Bonchev–Trinajstić information content (AvgIpc) is 3.02. The molecule has 1 aliphatic rings. The van der Waals surface area contributed by atoms with Gasteiger partial charge in [0.2, 0.25) is 15.9 Å². The van der Waals surface area contributed by atoms with Crippen molar-refractivity contribution in [2.75, 3.05) is 26.2 Å². The van der Waals surface area contributed by atoms with Crippen molar-refractivity contribution < 1.29 is 17.7 Å². The fourth-order valence-corrected chi connectivity index (χ4v) is 5.49. The van der Waals surface area contributed by atoms with E-state index >= 15 is 0 Å². The second-order valence-electron chi connectivity index (χ2n) is 6.33. The molecule has 0 spiro atoms. The SMILES string of the molecule is Cc1nc(CC(=O)N2CCCN(S(=O)(=O)c3c(C)noc3C)CC2)cs1. The summed E-state index contributed by atoms with van der Waals surface area (Å²) < 4.78 is 32.3. The molecule has 1 aliphatic heterocycles. The van der Waals surface area contributed by atoms with Crippen LogP contribution in [0.3, 0.4) is 0 Å². The van der Waals surface area contributed by atoms with Gasteiger partial charge in [0.15, 0.2) is 5.76 Å². The number of rotatable bonds is 4. The van der Waals surface area contributed by atoms with E-state index in [0.717, 1.165) is 10.7 Å². The van der Waals surface area contributed by atoms with Crippen LogP contribution in [0.5, 0.6) is 0 Å². The number of carbonyl (C=O) groups is 1. The summed E-state index contributed by atoms with van der Waals surface area (Å²) in [4.78, 5) is 18.7. The monoisotopic (exact) mass is 398 g/mol. The average molecular weight is 399 g/mol. The highest BCUT2D eigenvalue weighted by Gasteiger charge is 2.32. The Kier molecular flexibility index (Phi) is 5.44. The molecule has 26 heavy (non-hydrogen) atoms. The number of hydrogen-bond acceptors (Lipinski definition) is 7. The van der Waals surface area contributed by atoms with Crippen LogP contribution < -0.4 is 0 Å². The largest absolute Gasteiger partial charge is 0.360 e. The van der Waals surface area contributed by atoms with Crippen molar-refractivity contribution in [2.45, 2.75) is 38.5 Å². The van der Waals surface area contributed by atoms with E-state index in [4.69, 9.17) is 4.52 Å². The van der Waals surface area contributed by atoms with E-state index in [1.165, 1.54) is 15.6 Å². The molecule has 0 aliphatic carbocycles. The maximum Gasteiger partial charge on any atom is 0.248 e.